The standard InChI is InChI=1S/C11H8BrFN2O2S/c1-15-5-6(4-14-15)18-8-3-2-7(11(16)17)9(12)10(8)13/h2-5H,1H3,(H,16,17). The second-order valence-corrected chi connectivity index (χ2v) is 5.40. The van der Waals surface area contributed by atoms with Crippen LogP contribution >= 0.6 is 27.7 Å². The molecular formula is C11H8BrFN2O2S. The summed E-state index contributed by atoms with van der Waals surface area (Å²) in [6.45, 7) is 0. The molecule has 4 nitrogen and oxygen atoms in total. The maximum Gasteiger partial charge on any atom is 0.336 e. The van der Waals surface area contributed by atoms with Crippen molar-refractivity contribution in [1.82, 2.24) is 9.78 Å². The fourth-order valence-corrected chi connectivity index (χ4v) is 2.89. The van der Waals surface area contributed by atoms with Gasteiger partial charge in [-0.15, -0.1) is 0 Å². The Kier molecular flexibility index (Phi) is 3.72. The summed E-state index contributed by atoms with van der Waals surface area (Å²) in [6, 6.07) is 2.81. The Hall–Kier alpha value is -1.34. The molecule has 0 fully saturated rings. The molecule has 18 heavy (non-hydrogen) atoms. The summed E-state index contributed by atoms with van der Waals surface area (Å²) in [5.74, 6) is -1.75. The van der Waals surface area contributed by atoms with Gasteiger partial charge >= 0.3 is 5.97 Å². The summed E-state index contributed by atoms with van der Waals surface area (Å²) >= 11 is 4.15. The third kappa shape index (κ3) is 2.56. The Labute approximate surface area is 115 Å². The average Bonchev–Trinajstić information content (AvgIpc) is 2.70. The number of aromatic carboxylic acids is 1. The fraction of sp³-hybridized carbons (Fsp3) is 0.0909. The summed E-state index contributed by atoms with van der Waals surface area (Å²) in [6.07, 6.45) is 3.37. The molecule has 1 N–H and O–H groups in total. The van der Waals surface area contributed by atoms with Crippen molar-refractivity contribution < 1.29 is 14.3 Å². The Morgan fingerprint density at radius 2 is 2.28 bits per heavy atom. The van der Waals surface area contributed by atoms with E-state index in [2.05, 4.69) is 21.0 Å². The third-order valence-corrected chi connectivity index (χ3v) is 3.94. The fourth-order valence-electron chi connectivity index (χ4n) is 1.35. The molecule has 1 heterocycles. The predicted octanol–water partition coefficient (Wildman–Crippen LogP) is 3.17. The van der Waals surface area contributed by atoms with E-state index in [1.54, 1.807) is 24.1 Å². The summed E-state index contributed by atoms with van der Waals surface area (Å²) in [7, 11) is 1.77. The van der Waals surface area contributed by atoms with Gasteiger partial charge in [0.15, 0.2) is 5.82 Å². The van der Waals surface area contributed by atoms with Gasteiger partial charge in [-0.1, -0.05) is 11.8 Å². The van der Waals surface area contributed by atoms with Crippen molar-refractivity contribution in [2.75, 3.05) is 0 Å². The van der Waals surface area contributed by atoms with Gasteiger partial charge < -0.3 is 5.11 Å². The van der Waals surface area contributed by atoms with Crippen LogP contribution in [0.5, 0.6) is 0 Å². The van der Waals surface area contributed by atoms with Crippen molar-refractivity contribution in [1.29, 1.82) is 0 Å². The van der Waals surface area contributed by atoms with Crippen LogP contribution in [0.1, 0.15) is 10.4 Å². The number of rotatable bonds is 3. The number of aromatic nitrogens is 2. The normalized spacial score (nSPS) is 10.6. The molecule has 2 aromatic rings. The summed E-state index contributed by atoms with van der Waals surface area (Å²) in [4.78, 5) is 12.0. The van der Waals surface area contributed by atoms with Crippen LogP contribution < -0.4 is 0 Å². The zero-order valence-electron chi connectivity index (χ0n) is 9.22. The highest BCUT2D eigenvalue weighted by Gasteiger charge is 2.16. The number of carboxylic acids is 1. The lowest BCUT2D eigenvalue weighted by molar-refractivity contribution is 0.0695. The van der Waals surface area contributed by atoms with Gasteiger partial charge in [-0.05, 0) is 28.1 Å². The van der Waals surface area contributed by atoms with Gasteiger partial charge in [0.2, 0.25) is 0 Å². The monoisotopic (exact) mass is 330 g/mol. The van der Waals surface area contributed by atoms with Crippen LogP contribution in [0.15, 0.2) is 38.8 Å². The van der Waals surface area contributed by atoms with Crippen LogP contribution in [0, 0.1) is 5.82 Å². The van der Waals surface area contributed by atoms with Crippen LogP contribution in [-0.2, 0) is 7.05 Å². The van der Waals surface area contributed by atoms with Crippen LogP contribution in [0.25, 0.3) is 0 Å². The van der Waals surface area contributed by atoms with E-state index in [0.29, 0.717) is 4.90 Å². The smallest absolute Gasteiger partial charge is 0.336 e. The maximum absolute atomic E-state index is 14.0. The topological polar surface area (TPSA) is 55.1 Å². The van der Waals surface area contributed by atoms with E-state index < -0.39 is 11.8 Å². The van der Waals surface area contributed by atoms with Crippen LogP contribution in [0.3, 0.4) is 0 Å². The van der Waals surface area contributed by atoms with Crippen molar-refractivity contribution in [2.45, 2.75) is 9.79 Å². The van der Waals surface area contributed by atoms with E-state index in [0.717, 1.165) is 4.90 Å². The summed E-state index contributed by atoms with van der Waals surface area (Å²) in [5.41, 5.74) is -0.0944. The molecule has 2 rings (SSSR count). The average molecular weight is 331 g/mol. The van der Waals surface area contributed by atoms with Gasteiger partial charge in [-0.25, -0.2) is 9.18 Å². The van der Waals surface area contributed by atoms with E-state index in [1.807, 2.05) is 0 Å². The highest BCUT2D eigenvalue weighted by molar-refractivity contribution is 9.10. The molecule has 0 aliphatic carbocycles. The first kappa shape index (κ1) is 13.1. The zero-order valence-corrected chi connectivity index (χ0v) is 11.6. The van der Waals surface area contributed by atoms with Gasteiger partial charge in [-0.2, -0.15) is 5.10 Å². The molecule has 7 heteroatoms. The molecule has 0 radical (unpaired) electrons. The number of carboxylic acid groups (broad SMARTS) is 1. The molecule has 94 valence electrons. The molecule has 0 aliphatic rings. The molecule has 0 saturated heterocycles. The lowest BCUT2D eigenvalue weighted by atomic mass is 10.2. The molecular weight excluding hydrogens is 323 g/mol. The molecule has 0 amide bonds. The maximum atomic E-state index is 14.0. The Morgan fingerprint density at radius 1 is 1.56 bits per heavy atom. The molecule has 0 atom stereocenters. The number of benzene rings is 1. The van der Waals surface area contributed by atoms with Crippen LogP contribution in [-0.4, -0.2) is 20.9 Å². The second kappa shape index (κ2) is 5.11. The first-order valence-corrected chi connectivity index (χ1v) is 6.48. The molecule has 0 saturated carbocycles. The van der Waals surface area contributed by atoms with Gasteiger partial charge in [0.05, 0.1) is 21.1 Å². The second-order valence-electron chi connectivity index (χ2n) is 3.50. The third-order valence-electron chi connectivity index (χ3n) is 2.19. The van der Waals surface area contributed by atoms with Crippen molar-refractivity contribution in [2.24, 2.45) is 7.05 Å². The van der Waals surface area contributed by atoms with Crippen molar-refractivity contribution in [3.63, 3.8) is 0 Å². The number of aryl methyl sites for hydroxylation is 1. The minimum atomic E-state index is -1.17. The highest BCUT2D eigenvalue weighted by atomic mass is 79.9. The minimum absolute atomic E-state index is 0.0381. The van der Waals surface area contributed by atoms with Crippen LogP contribution in [0.2, 0.25) is 0 Å². The molecule has 0 spiro atoms. The number of carbonyl (C=O) groups is 1. The highest BCUT2D eigenvalue weighted by Crippen LogP contribution is 2.34. The van der Waals surface area contributed by atoms with E-state index in [1.165, 1.54) is 23.9 Å². The zero-order chi connectivity index (χ0) is 13.3. The van der Waals surface area contributed by atoms with Gasteiger partial charge in [0.25, 0.3) is 0 Å². The quantitative estimate of drug-likeness (QED) is 0.939. The van der Waals surface area contributed by atoms with E-state index in [4.69, 9.17) is 5.11 Å². The SMILES string of the molecule is Cn1cc(Sc2ccc(C(=O)O)c(Br)c2F)cn1. The predicted molar refractivity (Wildman–Crippen MR) is 68.4 cm³/mol. The van der Waals surface area contributed by atoms with Crippen molar-refractivity contribution >= 4 is 33.7 Å². The Bertz CT molecular complexity index is 615. The Balaban J connectivity index is 2.35. The molecule has 0 aliphatic heterocycles. The Morgan fingerprint density at radius 3 is 2.83 bits per heavy atom. The number of halogens is 2. The van der Waals surface area contributed by atoms with E-state index >= 15 is 0 Å². The van der Waals surface area contributed by atoms with Crippen LogP contribution in [0.4, 0.5) is 4.39 Å². The number of hydrogen-bond donors (Lipinski definition) is 1. The molecule has 0 unspecified atom stereocenters. The van der Waals surface area contributed by atoms with Gasteiger partial charge in [-0.3, -0.25) is 4.68 Å². The summed E-state index contributed by atoms with van der Waals surface area (Å²) in [5, 5.41) is 12.8. The lowest BCUT2D eigenvalue weighted by Crippen LogP contribution is -2.00. The minimum Gasteiger partial charge on any atom is -0.478 e. The van der Waals surface area contributed by atoms with Gasteiger partial charge in [0.1, 0.15) is 0 Å². The van der Waals surface area contributed by atoms with Crippen molar-refractivity contribution in [3.8, 4) is 0 Å². The lowest BCUT2D eigenvalue weighted by Gasteiger charge is -2.05. The first-order chi connectivity index (χ1) is 8.49. The summed E-state index contributed by atoms with van der Waals surface area (Å²) < 4.78 is 15.5. The first-order valence-electron chi connectivity index (χ1n) is 4.87. The largest absolute Gasteiger partial charge is 0.478 e. The number of nitrogens with zero attached hydrogens (tertiary/aromatic N) is 2. The van der Waals surface area contributed by atoms with E-state index in [9.17, 15) is 9.18 Å². The molecule has 0 bridgehead atoms. The molecule has 1 aromatic heterocycles. The van der Waals surface area contributed by atoms with Crippen molar-refractivity contribution in [3.05, 3.63) is 40.4 Å². The van der Waals surface area contributed by atoms with E-state index in [-0.39, 0.29) is 10.0 Å². The van der Waals surface area contributed by atoms with Gasteiger partial charge in [0, 0.05) is 18.1 Å². The number of hydrogen-bond acceptors (Lipinski definition) is 3. The molecule has 1 aromatic carbocycles.